The normalized spacial score (nSPS) is 9.36. The Hall–Kier alpha value is -1.54. The van der Waals surface area contributed by atoms with Crippen LogP contribution in [0.25, 0.3) is 0 Å². The lowest BCUT2D eigenvalue weighted by Crippen LogP contribution is -1.90. The summed E-state index contributed by atoms with van der Waals surface area (Å²) in [5.74, 6) is 0.585. The van der Waals surface area contributed by atoms with Gasteiger partial charge in [0, 0.05) is 18.2 Å². The van der Waals surface area contributed by atoms with Crippen LogP contribution in [0.1, 0.15) is 6.42 Å². The largest absolute Gasteiger partial charge is 0.282 e. The van der Waals surface area contributed by atoms with Gasteiger partial charge in [0.2, 0.25) is 0 Å². The molecule has 72 valence electrons. The summed E-state index contributed by atoms with van der Waals surface area (Å²) >= 11 is 1.34. The highest BCUT2D eigenvalue weighted by Gasteiger charge is 2.11. The van der Waals surface area contributed by atoms with Crippen LogP contribution < -0.4 is 0 Å². The molecular formula is C9H8N2O2S. The average Bonchev–Trinajstić information content (AvgIpc) is 2.19. The number of thioether (sulfide) groups is 1. The summed E-state index contributed by atoms with van der Waals surface area (Å²) in [5.41, 5.74) is 0.107. The maximum Gasteiger partial charge on any atom is 0.282 e. The number of nitro benzene ring substituents is 1. The van der Waals surface area contributed by atoms with Gasteiger partial charge in [0.05, 0.1) is 15.9 Å². The van der Waals surface area contributed by atoms with E-state index in [4.69, 9.17) is 5.26 Å². The minimum atomic E-state index is -0.408. The van der Waals surface area contributed by atoms with E-state index in [1.807, 2.05) is 6.07 Å². The summed E-state index contributed by atoms with van der Waals surface area (Å²) in [6, 6.07) is 8.54. The van der Waals surface area contributed by atoms with E-state index in [0.717, 1.165) is 0 Å². The van der Waals surface area contributed by atoms with Crippen LogP contribution in [0.5, 0.6) is 0 Å². The third kappa shape index (κ3) is 2.75. The molecule has 1 rings (SSSR count). The summed E-state index contributed by atoms with van der Waals surface area (Å²) in [4.78, 5) is 10.8. The van der Waals surface area contributed by atoms with Gasteiger partial charge in [-0.15, -0.1) is 11.8 Å². The Bertz CT molecular complexity index is 373. The van der Waals surface area contributed by atoms with Crippen molar-refractivity contribution in [2.45, 2.75) is 11.3 Å². The molecule has 0 aromatic heterocycles. The maximum absolute atomic E-state index is 10.6. The Morgan fingerprint density at radius 2 is 2.21 bits per heavy atom. The molecule has 0 amide bonds. The van der Waals surface area contributed by atoms with Crippen LogP contribution in [0.4, 0.5) is 5.69 Å². The Morgan fingerprint density at radius 3 is 2.86 bits per heavy atom. The average molecular weight is 208 g/mol. The molecule has 0 aliphatic carbocycles. The van der Waals surface area contributed by atoms with Gasteiger partial charge in [-0.1, -0.05) is 12.1 Å². The summed E-state index contributed by atoms with van der Waals surface area (Å²) in [6.07, 6.45) is 0.400. The van der Waals surface area contributed by atoms with Gasteiger partial charge >= 0.3 is 0 Å². The van der Waals surface area contributed by atoms with Crippen LogP contribution in [-0.2, 0) is 0 Å². The zero-order valence-corrected chi connectivity index (χ0v) is 8.16. The topological polar surface area (TPSA) is 66.9 Å². The molecule has 0 atom stereocenters. The number of rotatable bonds is 4. The van der Waals surface area contributed by atoms with Crippen molar-refractivity contribution in [3.05, 3.63) is 34.4 Å². The first kappa shape index (κ1) is 10.5. The van der Waals surface area contributed by atoms with Crippen molar-refractivity contribution in [3.63, 3.8) is 0 Å². The smallest absolute Gasteiger partial charge is 0.258 e. The third-order valence-electron chi connectivity index (χ3n) is 1.53. The minimum Gasteiger partial charge on any atom is -0.258 e. The van der Waals surface area contributed by atoms with E-state index >= 15 is 0 Å². The number of para-hydroxylation sites is 1. The summed E-state index contributed by atoms with van der Waals surface area (Å²) in [7, 11) is 0. The zero-order valence-electron chi connectivity index (χ0n) is 7.34. The van der Waals surface area contributed by atoms with Gasteiger partial charge in [-0.25, -0.2) is 0 Å². The predicted molar refractivity (Wildman–Crippen MR) is 54.1 cm³/mol. The fraction of sp³-hybridized carbons (Fsp3) is 0.222. The molecule has 5 heteroatoms. The molecule has 0 N–H and O–H groups in total. The van der Waals surface area contributed by atoms with Crippen molar-refractivity contribution in [1.29, 1.82) is 5.26 Å². The van der Waals surface area contributed by atoms with Gasteiger partial charge < -0.3 is 0 Å². The van der Waals surface area contributed by atoms with Crippen molar-refractivity contribution in [2.24, 2.45) is 0 Å². The fourth-order valence-electron chi connectivity index (χ4n) is 0.937. The first-order valence-electron chi connectivity index (χ1n) is 3.99. The molecule has 0 bridgehead atoms. The lowest BCUT2D eigenvalue weighted by atomic mass is 10.3. The molecule has 0 fully saturated rings. The molecule has 0 unspecified atom stereocenters. The van der Waals surface area contributed by atoms with Crippen molar-refractivity contribution < 1.29 is 4.92 Å². The molecule has 0 aliphatic rings. The quantitative estimate of drug-likeness (QED) is 0.330. The molecule has 0 radical (unpaired) electrons. The molecule has 1 aromatic rings. The van der Waals surface area contributed by atoms with E-state index in [1.165, 1.54) is 17.8 Å². The fourth-order valence-corrected chi connectivity index (χ4v) is 1.82. The number of nitrogens with zero attached hydrogens (tertiary/aromatic N) is 2. The van der Waals surface area contributed by atoms with Crippen LogP contribution in [-0.4, -0.2) is 10.7 Å². The van der Waals surface area contributed by atoms with Crippen molar-refractivity contribution in [1.82, 2.24) is 0 Å². The van der Waals surface area contributed by atoms with Gasteiger partial charge in [0.15, 0.2) is 0 Å². The third-order valence-corrected chi connectivity index (χ3v) is 2.60. The first-order valence-corrected chi connectivity index (χ1v) is 4.97. The second kappa shape index (κ2) is 5.25. The Labute approximate surface area is 85.7 Å². The van der Waals surface area contributed by atoms with E-state index in [-0.39, 0.29) is 5.69 Å². The molecule has 0 saturated heterocycles. The molecule has 0 spiro atoms. The van der Waals surface area contributed by atoms with Gasteiger partial charge in [-0.05, 0) is 6.07 Å². The lowest BCUT2D eigenvalue weighted by Gasteiger charge is -1.99. The van der Waals surface area contributed by atoms with E-state index in [9.17, 15) is 10.1 Å². The Morgan fingerprint density at radius 1 is 1.50 bits per heavy atom. The molecule has 14 heavy (non-hydrogen) atoms. The maximum atomic E-state index is 10.6. The molecule has 4 nitrogen and oxygen atoms in total. The molecular weight excluding hydrogens is 200 g/mol. The second-order valence-electron chi connectivity index (χ2n) is 2.48. The van der Waals surface area contributed by atoms with E-state index in [0.29, 0.717) is 17.1 Å². The summed E-state index contributed by atoms with van der Waals surface area (Å²) < 4.78 is 0. The highest BCUT2D eigenvalue weighted by Crippen LogP contribution is 2.28. The summed E-state index contributed by atoms with van der Waals surface area (Å²) in [6.45, 7) is 0. The molecule has 0 heterocycles. The van der Waals surface area contributed by atoms with Crippen LogP contribution in [0.3, 0.4) is 0 Å². The number of nitriles is 1. The van der Waals surface area contributed by atoms with Crippen LogP contribution >= 0.6 is 11.8 Å². The van der Waals surface area contributed by atoms with Gasteiger partial charge in [0.25, 0.3) is 5.69 Å². The monoisotopic (exact) mass is 208 g/mol. The number of nitro groups is 1. The molecule has 1 aromatic carbocycles. The highest BCUT2D eigenvalue weighted by atomic mass is 32.2. The molecule has 0 aliphatic heterocycles. The van der Waals surface area contributed by atoms with E-state index in [1.54, 1.807) is 18.2 Å². The minimum absolute atomic E-state index is 0.107. The van der Waals surface area contributed by atoms with Crippen LogP contribution in [0.2, 0.25) is 0 Å². The van der Waals surface area contributed by atoms with Crippen LogP contribution in [0.15, 0.2) is 29.2 Å². The van der Waals surface area contributed by atoms with Gasteiger partial charge in [-0.2, -0.15) is 5.26 Å². The van der Waals surface area contributed by atoms with Crippen molar-refractivity contribution in [3.8, 4) is 6.07 Å². The van der Waals surface area contributed by atoms with E-state index < -0.39 is 4.92 Å². The number of benzene rings is 1. The second-order valence-corrected chi connectivity index (χ2v) is 3.62. The SMILES string of the molecule is N#CCCSc1ccccc1[N+](=O)[O-]. The zero-order chi connectivity index (χ0) is 10.4. The Balaban J connectivity index is 2.75. The van der Waals surface area contributed by atoms with Gasteiger partial charge in [-0.3, -0.25) is 10.1 Å². The summed E-state index contributed by atoms with van der Waals surface area (Å²) in [5, 5.41) is 18.9. The van der Waals surface area contributed by atoms with Gasteiger partial charge in [0.1, 0.15) is 0 Å². The number of hydrogen-bond donors (Lipinski definition) is 0. The lowest BCUT2D eigenvalue weighted by molar-refractivity contribution is -0.387. The molecule has 0 saturated carbocycles. The first-order chi connectivity index (χ1) is 6.75. The van der Waals surface area contributed by atoms with Crippen molar-refractivity contribution >= 4 is 17.4 Å². The standard InChI is InChI=1S/C9H8N2O2S/c10-6-3-7-14-9-5-2-1-4-8(9)11(12)13/h1-2,4-5H,3,7H2. The highest BCUT2D eigenvalue weighted by molar-refractivity contribution is 7.99. The predicted octanol–water partition coefficient (Wildman–Crippen LogP) is 2.60. The Kier molecular flexibility index (Phi) is 3.95. The van der Waals surface area contributed by atoms with Crippen LogP contribution in [0, 0.1) is 21.4 Å². The van der Waals surface area contributed by atoms with E-state index in [2.05, 4.69) is 0 Å². The number of hydrogen-bond acceptors (Lipinski definition) is 4. The van der Waals surface area contributed by atoms with Crippen molar-refractivity contribution in [2.75, 3.05) is 5.75 Å².